The Hall–Kier alpha value is -6.94. The first-order chi connectivity index (χ1) is 29.5. The smallest absolute Gasteiger partial charge is 0.0476 e. The highest BCUT2D eigenvalue weighted by molar-refractivity contribution is 7.20. The molecule has 0 aliphatic heterocycles. The van der Waals surface area contributed by atoms with Crippen molar-refractivity contribution in [1.82, 2.24) is 0 Å². The molecule has 0 unspecified atom stereocenters. The van der Waals surface area contributed by atoms with Gasteiger partial charge in [-0.2, -0.15) is 0 Å². The number of allylic oxidation sites excluding steroid dienone is 1. The van der Waals surface area contributed by atoms with Crippen molar-refractivity contribution >= 4 is 61.6 Å². The Morgan fingerprint density at radius 1 is 0.433 bits per heavy atom. The van der Waals surface area contributed by atoms with Gasteiger partial charge in [-0.25, -0.2) is 0 Å². The van der Waals surface area contributed by atoms with Crippen LogP contribution in [0.1, 0.15) is 41.8 Å². The van der Waals surface area contributed by atoms with Crippen molar-refractivity contribution in [3.8, 4) is 33.4 Å². The zero-order valence-corrected chi connectivity index (χ0v) is 34.7. The third-order valence-electron chi connectivity index (χ3n) is 12.5. The van der Waals surface area contributed by atoms with Gasteiger partial charge < -0.3 is 9.80 Å². The molecule has 0 fully saturated rings. The van der Waals surface area contributed by atoms with E-state index in [1.807, 2.05) is 11.3 Å². The fourth-order valence-corrected chi connectivity index (χ4v) is 10.7. The summed E-state index contributed by atoms with van der Waals surface area (Å²) in [6.07, 6.45) is 6.85. The molecule has 288 valence electrons. The lowest BCUT2D eigenvalue weighted by molar-refractivity contribution is 0.660. The summed E-state index contributed by atoms with van der Waals surface area (Å²) >= 11 is 1.92. The van der Waals surface area contributed by atoms with Crippen LogP contribution in [0.2, 0.25) is 0 Å². The number of rotatable bonds is 8. The molecule has 0 N–H and O–H groups in total. The lowest BCUT2D eigenvalue weighted by Gasteiger charge is -2.29. The summed E-state index contributed by atoms with van der Waals surface area (Å²) in [5.74, 6) is 0. The normalized spacial score (nSPS) is 13.4. The predicted octanol–water partition coefficient (Wildman–Crippen LogP) is 16.4. The molecule has 3 heteroatoms. The van der Waals surface area contributed by atoms with Crippen LogP contribution in [-0.2, 0) is 11.8 Å². The van der Waals surface area contributed by atoms with E-state index in [0.29, 0.717) is 0 Å². The molecule has 0 saturated carbocycles. The first kappa shape index (κ1) is 36.2. The molecule has 1 aromatic heterocycles. The number of hydrogen-bond donors (Lipinski definition) is 0. The molecule has 2 aliphatic carbocycles. The van der Waals surface area contributed by atoms with Gasteiger partial charge >= 0.3 is 0 Å². The van der Waals surface area contributed by atoms with E-state index in [9.17, 15) is 0 Å². The number of anilines is 6. The van der Waals surface area contributed by atoms with Gasteiger partial charge in [-0.1, -0.05) is 141 Å². The van der Waals surface area contributed by atoms with Gasteiger partial charge in [-0.05, 0) is 147 Å². The molecule has 11 rings (SSSR count). The van der Waals surface area contributed by atoms with Crippen LogP contribution in [0.4, 0.5) is 34.1 Å². The first-order valence-electron chi connectivity index (χ1n) is 21.0. The number of para-hydroxylation sites is 1. The van der Waals surface area contributed by atoms with E-state index in [1.165, 1.54) is 70.7 Å². The lowest BCUT2D eigenvalue weighted by Crippen LogP contribution is -2.17. The molecule has 2 nitrogen and oxygen atoms in total. The van der Waals surface area contributed by atoms with Crippen molar-refractivity contribution in [2.24, 2.45) is 0 Å². The molecular formula is C57H44N2S. The number of nitrogens with zero attached hydrogens (tertiary/aromatic N) is 2. The van der Waals surface area contributed by atoms with Crippen LogP contribution in [0.3, 0.4) is 0 Å². The fourth-order valence-electron chi connectivity index (χ4n) is 9.44. The minimum absolute atomic E-state index is 0.234. The second-order valence-corrected chi connectivity index (χ2v) is 17.6. The van der Waals surface area contributed by atoms with E-state index in [1.54, 1.807) is 0 Å². The highest BCUT2D eigenvalue weighted by Crippen LogP contribution is 2.53. The van der Waals surface area contributed by atoms with Gasteiger partial charge in [0.25, 0.3) is 0 Å². The Morgan fingerprint density at radius 2 is 0.867 bits per heavy atom. The van der Waals surface area contributed by atoms with Gasteiger partial charge in [0.15, 0.2) is 0 Å². The van der Waals surface area contributed by atoms with Crippen molar-refractivity contribution in [2.75, 3.05) is 9.80 Å². The molecule has 9 aromatic rings. The Bertz CT molecular complexity index is 3030. The summed E-state index contributed by atoms with van der Waals surface area (Å²) < 4.78 is 1.34. The maximum absolute atomic E-state index is 2.45. The molecule has 8 aromatic carbocycles. The number of fused-ring (bicyclic) bond motifs is 6. The zero-order chi connectivity index (χ0) is 40.2. The first-order valence-corrected chi connectivity index (χ1v) is 21.8. The Labute approximate surface area is 357 Å². The largest absolute Gasteiger partial charge is 0.310 e. The average molecular weight is 789 g/mol. The van der Waals surface area contributed by atoms with Crippen molar-refractivity contribution in [3.05, 3.63) is 222 Å². The zero-order valence-electron chi connectivity index (χ0n) is 33.8. The number of thiophene rings is 1. The second kappa shape index (κ2) is 14.7. The number of benzene rings is 8. The number of aryl methyl sites for hydroxylation is 1. The van der Waals surface area contributed by atoms with Crippen LogP contribution in [-0.4, -0.2) is 0 Å². The van der Waals surface area contributed by atoms with E-state index in [0.717, 1.165) is 41.3 Å². The summed E-state index contributed by atoms with van der Waals surface area (Å²) in [7, 11) is 0. The second-order valence-electron chi connectivity index (χ2n) is 16.5. The van der Waals surface area contributed by atoms with Gasteiger partial charge in [-0.15, -0.1) is 11.3 Å². The molecular weight excluding hydrogens is 745 g/mol. The minimum atomic E-state index is -0.234. The molecule has 0 atom stereocenters. The molecule has 0 saturated heterocycles. The predicted molar refractivity (Wildman–Crippen MR) is 257 cm³/mol. The van der Waals surface area contributed by atoms with Crippen molar-refractivity contribution in [3.63, 3.8) is 0 Å². The molecule has 0 amide bonds. The van der Waals surface area contributed by atoms with E-state index in [-0.39, 0.29) is 5.41 Å². The summed E-state index contributed by atoms with van der Waals surface area (Å²) in [6.45, 7) is 4.78. The van der Waals surface area contributed by atoms with E-state index < -0.39 is 0 Å². The maximum atomic E-state index is 2.45. The van der Waals surface area contributed by atoms with Crippen LogP contribution < -0.4 is 9.80 Å². The summed E-state index contributed by atoms with van der Waals surface area (Å²) in [5, 5.41) is 1.39. The number of hydrogen-bond acceptors (Lipinski definition) is 3. The molecule has 0 bridgehead atoms. The Balaban J connectivity index is 0.995. The van der Waals surface area contributed by atoms with Crippen LogP contribution in [0.5, 0.6) is 0 Å². The van der Waals surface area contributed by atoms with Gasteiger partial charge in [0.2, 0.25) is 0 Å². The van der Waals surface area contributed by atoms with E-state index >= 15 is 0 Å². The topological polar surface area (TPSA) is 6.48 Å². The molecule has 2 aliphatic rings. The van der Waals surface area contributed by atoms with Gasteiger partial charge in [0.1, 0.15) is 0 Å². The molecule has 0 radical (unpaired) electrons. The molecule has 0 spiro atoms. The van der Waals surface area contributed by atoms with Crippen LogP contribution in [0.25, 0.3) is 49.5 Å². The SMILES string of the molecule is CC1(C)c2cc(N(c3ccccc3)c3ccc(-c4ccccc4)cc3)ccc2-c2ccc(N(c3ccc(-c4ccccc4)cc3)c3ccc4c5c(sc4c3)C=CCC5)cc21. The molecule has 60 heavy (non-hydrogen) atoms. The average Bonchev–Trinajstić information content (AvgIpc) is 3.79. The highest BCUT2D eigenvalue weighted by atomic mass is 32.1. The standard InChI is InChI=1S/C57H44N2S/c1-57(2)53-36-46(58(43-18-10-5-11-19-43)44-26-22-41(23-27-44)39-14-6-3-7-15-39)30-33-49(53)50-34-31-47(37-54(50)57)59(45-28-24-42(25-29-45)40-16-8-4-9-17-40)48-32-35-52-51-20-12-13-21-55(51)60-56(52)38-48/h3-11,13-19,21-38H,12,20H2,1-2H3. The maximum Gasteiger partial charge on any atom is 0.0476 e. The van der Waals surface area contributed by atoms with Gasteiger partial charge in [0, 0.05) is 49.1 Å². The van der Waals surface area contributed by atoms with E-state index in [4.69, 9.17) is 0 Å². The fraction of sp³-hybridized carbons (Fsp3) is 0.0877. The summed E-state index contributed by atoms with van der Waals surface area (Å²) in [6, 6.07) is 71.3. The van der Waals surface area contributed by atoms with Crippen LogP contribution >= 0.6 is 11.3 Å². The summed E-state index contributed by atoms with van der Waals surface area (Å²) in [4.78, 5) is 6.23. The lowest BCUT2D eigenvalue weighted by atomic mass is 9.82. The van der Waals surface area contributed by atoms with Gasteiger partial charge in [-0.3, -0.25) is 0 Å². The Kier molecular flexibility index (Phi) is 8.87. The monoisotopic (exact) mass is 788 g/mol. The quantitative estimate of drug-likeness (QED) is 0.151. The van der Waals surface area contributed by atoms with Crippen LogP contribution in [0, 0.1) is 0 Å². The Morgan fingerprint density at radius 3 is 1.42 bits per heavy atom. The third kappa shape index (κ3) is 6.25. The third-order valence-corrected chi connectivity index (χ3v) is 13.7. The van der Waals surface area contributed by atoms with Crippen molar-refractivity contribution < 1.29 is 0 Å². The van der Waals surface area contributed by atoms with Gasteiger partial charge in [0.05, 0.1) is 0 Å². The van der Waals surface area contributed by atoms with Crippen molar-refractivity contribution in [2.45, 2.75) is 32.1 Å². The van der Waals surface area contributed by atoms with Crippen LogP contribution in [0.15, 0.2) is 200 Å². The highest BCUT2D eigenvalue weighted by Gasteiger charge is 2.37. The van der Waals surface area contributed by atoms with E-state index in [2.05, 4.69) is 230 Å². The van der Waals surface area contributed by atoms with Crippen molar-refractivity contribution in [1.29, 1.82) is 0 Å². The summed E-state index contributed by atoms with van der Waals surface area (Å²) in [5.41, 5.74) is 18.3. The molecule has 1 heterocycles. The minimum Gasteiger partial charge on any atom is -0.310 e.